The molecule has 0 aliphatic rings. The van der Waals surface area contributed by atoms with Gasteiger partial charge in [-0.25, -0.2) is 0 Å². The lowest BCUT2D eigenvalue weighted by atomic mass is 10.0. The highest BCUT2D eigenvalue weighted by Crippen LogP contribution is 2.25. The molecule has 1 heterocycles. The van der Waals surface area contributed by atoms with Gasteiger partial charge < -0.3 is 5.73 Å². The molecule has 0 atom stereocenters. The average molecular weight is 249 g/mol. The third kappa shape index (κ3) is 2.39. The molecule has 1 aromatic heterocycles. The van der Waals surface area contributed by atoms with Gasteiger partial charge >= 0.3 is 0 Å². The Bertz CT molecular complexity index is 608. The minimum atomic E-state index is -0.372. The minimum absolute atomic E-state index is 0.166. The summed E-state index contributed by atoms with van der Waals surface area (Å²) in [6, 6.07) is 5.63. The molecule has 0 aliphatic heterocycles. The van der Waals surface area contributed by atoms with Crippen LogP contribution < -0.4 is 5.73 Å². The maximum absolute atomic E-state index is 10.9. The van der Waals surface area contributed by atoms with Crippen molar-refractivity contribution in [1.82, 2.24) is 4.98 Å². The van der Waals surface area contributed by atoms with Crippen molar-refractivity contribution in [2.24, 2.45) is 5.73 Å². The predicted molar refractivity (Wildman–Crippen MR) is 69.1 cm³/mol. The Balaban J connectivity index is 2.68. The zero-order valence-electron chi connectivity index (χ0n) is 9.75. The van der Waals surface area contributed by atoms with Gasteiger partial charge in [-0.3, -0.25) is 9.78 Å². The standard InChI is InChI=1S/C13H13ClN2O/c1-7-4-10(6-12(15)17)16-13-8(2)3-9(14)5-11(7)13/h3-5H,6H2,1-2H3,(H2,15,17). The second kappa shape index (κ2) is 4.34. The van der Waals surface area contributed by atoms with Gasteiger partial charge in [-0.1, -0.05) is 11.6 Å². The number of nitrogens with zero attached hydrogens (tertiary/aromatic N) is 1. The van der Waals surface area contributed by atoms with Crippen molar-refractivity contribution >= 4 is 28.4 Å². The summed E-state index contributed by atoms with van der Waals surface area (Å²) in [4.78, 5) is 15.4. The molecule has 0 fully saturated rings. The van der Waals surface area contributed by atoms with Crippen LogP contribution in [0.2, 0.25) is 5.02 Å². The zero-order valence-corrected chi connectivity index (χ0v) is 10.5. The number of fused-ring (bicyclic) bond motifs is 1. The normalized spacial score (nSPS) is 10.8. The van der Waals surface area contributed by atoms with Gasteiger partial charge in [0, 0.05) is 10.4 Å². The summed E-state index contributed by atoms with van der Waals surface area (Å²) < 4.78 is 0. The van der Waals surface area contributed by atoms with E-state index >= 15 is 0 Å². The number of aromatic nitrogens is 1. The van der Waals surface area contributed by atoms with E-state index in [0.29, 0.717) is 10.7 Å². The largest absolute Gasteiger partial charge is 0.369 e. The fraction of sp³-hybridized carbons (Fsp3) is 0.231. The van der Waals surface area contributed by atoms with Gasteiger partial charge in [-0.15, -0.1) is 0 Å². The summed E-state index contributed by atoms with van der Waals surface area (Å²) >= 11 is 6.02. The topological polar surface area (TPSA) is 56.0 Å². The third-order valence-corrected chi connectivity index (χ3v) is 2.90. The molecule has 0 saturated heterocycles. The maximum Gasteiger partial charge on any atom is 0.223 e. The first-order valence-electron chi connectivity index (χ1n) is 5.32. The predicted octanol–water partition coefficient (Wildman–Crippen LogP) is 2.53. The number of benzene rings is 1. The summed E-state index contributed by atoms with van der Waals surface area (Å²) in [5, 5.41) is 1.71. The first-order chi connectivity index (χ1) is 7.97. The molecule has 2 aromatic rings. The molecule has 4 heteroatoms. The summed E-state index contributed by atoms with van der Waals surface area (Å²) in [6.07, 6.45) is 0.166. The SMILES string of the molecule is Cc1cc(CC(N)=O)nc2c(C)cc(Cl)cc12. The summed E-state index contributed by atoms with van der Waals surface area (Å²) in [5.41, 5.74) is 8.82. The molecule has 88 valence electrons. The van der Waals surface area contributed by atoms with Crippen LogP contribution in [-0.2, 0) is 11.2 Å². The van der Waals surface area contributed by atoms with Gasteiger partial charge in [-0.05, 0) is 43.2 Å². The number of hydrogen-bond acceptors (Lipinski definition) is 2. The van der Waals surface area contributed by atoms with Crippen molar-refractivity contribution in [3.63, 3.8) is 0 Å². The van der Waals surface area contributed by atoms with Crippen molar-refractivity contribution < 1.29 is 4.79 Å². The van der Waals surface area contributed by atoms with E-state index in [1.165, 1.54) is 0 Å². The van der Waals surface area contributed by atoms with Gasteiger partial charge in [0.15, 0.2) is 0 Å². The van der Waals surface area contributed by atoms with Crippen LogP contribution in [0.25, 0.3) is 10.9 Å². The Morgan fingerprint density at radius 1 is 1.29 bits per heavy atom. The number of hydrogen-bond donors (Lipinski definition) is 1. The molecule has 0 aliphatic carbocycles. The molecular weight excluding hydrogens is 236 g/mol. The molecule has 0 bridgehead atoms. The highest BCUT2D eigenvalue weighted by Gasteiger charge is 2.08. The molecular formula is C13H13ClN2O. The first kappa shape index (κ1) is 11.9. The van der Waals surface area contributed by atoms with Crippen molar-refractivity contribution in [2.75, 3.05) is 0 Å². The van der Waals surface area contributed by atoms with Gasteiger partial charge in [0.1, 0.15) is 0 Å². The zero-order chi connectivity index (χ0) is 12.6. The van der Waals surface area contributed by atoms with E-state index < -0.39 is 0 Å². The lowest BCUT2D eigenvalue weighted by Gasteiger charge is -2.08. The summed E-state index contributed by atoms with van der Waals surface area (Å²) in [5.74, 6) is -0.372. The van der Waals surface area contributed by atoms with E-state index in [0.717, 1.165) is 22.0 Å². The van der Waals surface area contributed by atoms with Gasteiger partial charge in [-0.2, -0.15) is 0 Å². The molecule has 1 amide bonds. The Morgan fingerprint density at radius 3 is 2.65 bits per heavy atom. The van der Waals surface area contributed by atoms with E-state index in [1.54, 1.807) is 0 Å². The van der Waals surface area contributed by atoms with Crippen LogP contribution in [0, 0.1) is 13.8 Å². The molecule has 0 spiro atoms. The number of amides is 1. The number of nitrogens with two attached hydrogens (primary N) is 1. The highest BCUT2D eigenvalue weighted by atomic mass is 35.5. The van der Waals surface area contributed by atoms with Crippen LogP contribution in [0.3, 0.4) is 0 Å². The highest BCUT2D eigenvalue weighted by molar-refractivity contribution is 6.31. The van der Waals surface area contributed by atoms with E-state index in [4.69, 9.17) is 17.3 Å². The molecule has 0 radical (unpaired) electrons. The molecule has 17 heavy (non-hydrogen) atoms. The van der Waals surface area contributed by atoms with Gasteiger partial charge in [0.25, 0.3) is 0 Å². The maximum atomic E-state index is 10.9. The minimum Gasteiger partial charge on any atom is -0.369 e. The van der Waals surface area contributed by atoms with Crippen LogP contribution in [0.15, 0.2) is 18.2 Å². The molecule has 1 aromatic carbocycles. The smallest absolute Gasteiger partial charge is 0.223 e. The number of pyridine rings is 1. The number of halogens is 1. The molecule has 2 rings (SSSR count). The van der Waals surface area contributed by atoms with Crippen LogP contribution in [0.5, 0.6) is 0 Å². The Morgan fingerprint density at radius 2 is 2.00 bits per heavy atom. The summed E-state index contributed by atoms with van der Waals surface area (Å²) in [7, 11) is 0. The van der Waals surface area contributed by atoms with E-state index in [-0.39, 0.29) is 12.3 Å². The monoisotopic (exact) mass is 248 g/mol. The van der Waals surface area contributed by atoms with Gasteiger partial charge in [0.2, 0.25) is 5.91 Å². The fourth-order valence-corrected chi connectivity index (χ4v) is 2.23. The van der Waals surface area contributed by atoms with Crippen LogP contribution in [0.4, 0.5) is 0 Å². The Hall–Kier alpha value is -1.61. The quantitative estimate of drug-likeness (QED) is 0.888. The Labute approximate surface area is 105 Å². The van der Waals surface area contributed by atoms with Crippen LogP contribution >= 0.6 is 11.6 Å². The van der Waals surface area contributed by atoms with Crippen molar-refractivity contribution in [3.8, 4) is 0 Å². The number of aryl methyl sites for hydroxylation is 2. The third-order valence-electron chi connectivity index (χ3n) is 2.68. The molecule has 0 saturated carbocycles. The molecule has 0 unspecified atom stereocenters. The fourth-order valence-electron chi connectivity index (χ4n) is 1.96. The lowest BCUT2D eigenvalue weighted by molar-refractivity contribution is -0.117. The van der Waals surface area contributed by atoms with E-state index in [1.807, 2.05) is 32.0 Å². The second-order valence-corrected chi connectivity index (χ2v) is 4.63. The Kier molecular flexibility index (Phi) is 3.03. The molecule has 2 N–H and O–H groups in total. The number of carbonyl (C=O) groups is 1. The van der Waals surface area contributed by atoms with E-state index in [2.05, 4.69) is 4.98 Å². The number of primary amides is 1. The second-order valence-electron chi connectivity index (χ2n) is 4.19. The van der Waals surface area contributed by atoms with Crippen molar-refractivity contribution in [1.29, 1.82) is 0 Å². The first-order valence-corrected chi connectivity index (χ1v) is 5.70. The summed E-state index contributed by atoms with van der Waals surface area (Å²) in [6.45, 7) is 3.93. The van der Waals surface area contributed by atoms with Crippen molar-refractivity contribution in [2.45, 2.75) is 20.3 Å². The number of carbonyl (C=O) groups excluding carboxylic acids is 1. The van der Waals surface area contributed by atoms with E-state index in [9.17, 15) is 4.79 Å². The lowest BCUT2D eigenvalue weighted by Crippen LogP contribution is -2.14. The van der Waals surface area contributed by atoms with Crippen LogP contribution in [0.1, 0.15) is 16.8 Å². The van der Waals surface area contributed by atoms with Crippen molar-refractivity contribution in [3.05, 3.63) is 40.0 Å². The molecule has 3 nitrogen and oxygen atoms in total. The van der Waals surface area contributed by atoms with Crippen LogP contribution in [-0.4, -0.2) is 10.9 Å². The van der Waals surface area contributed by atoms with Gasteiger partial charge in [0.05, 0.1) is 17.6 Å². The number of rotatable bonds is 2. The average Bonchev–Trinajstić information content (AvgIpc) is 2.19.